The van der Waals surface area contributed by atoms with E-state index in [1.807, 2.05) is 23.1 Å². The first-order chi connectivity index (χ1) is 9.60. The summed E-state index contributed by atoms with van der Waals surface area (Å²) in [6, 6.07) is 10.2. The Hall–Kier alpha value is -1.35. The van der Waals surface area contributed by atoms with E-state index in [0.29, 0.717) is 19.0 Å². The second kappa shape index (κ2) is 6.40. The van der Waals surface area contributed by atoms with E-state index in [9.17, 15) is 4.79 Å². The second-order valence-corrected chi connectivity index (χ2v) is 6.15. The van der Waals surface area contributed by atoms with Crippen molar-refractivity contribution in [1.82, 2.24) is 4.90 Å². The Kier molecular flexibility index (Phi) is 4.81. The van der Waals surface area contributed by atoms with Gasteiger partial charge in [0.1, 0.15) is 0 Å². The van der Waals surface area contributed by atoms with Crippen LogP contribution in [-0.4, -0.2) is 23.9 Å². The van der Waals surface area contributed by atoms with E-state index in [1.54, 1.807) is 0 Å². The Bertz CT molecular complexity index is 446. The van der Waals surface area contributed by atoms with Gasteiger partial charge < -0.3 is 10.6 Å². The average Bonchev–Trinajstić information content (AvgIpc) is 3.16. The number of benzene rings is 1. The number of nitrogens with two attached hydrogens (primary N) is 1. The van der Waals surface area contributed by atoms with Crippen molar-refractivity contribution in [2.75, 3.05) is 13.1 Å². The van der Waals surface area contributed by atoms with Crippen LogP contribution in [0.5, 0.6) is 0 Å². The molecule has 3 heteroatoms. The van der Waals surface area contributed by atoms with Gasteiger partial charge in [-0.05, 0) is 36.8 Å². The third-order valence-corrected chi connectivity index (χ3v) is 4.62. The van der Waals surface area contributed by atoms with Crippen molar-refractivity contribution in [3.63, 3.8) is 0 Å². The van der Waals surface area contributed by atoms with Crippen molar-refractivity contribution >= 4 is 5.91 Å². The monoisotopic (exact) mass is 274 g/mol. The minimum Gasteiger partial charge on any atom is -0.338 e. The Balaban J connectivity index is 2.02. The van der Waals surface area contributed by atoms with Crippen molar-refractivity contribution in [2.24, 2.45) is 17.1 Å². The van der Waals surface area contributed by atoms with Crippen LogP contribution in [-0.2, 0) is 11.3 Å². The Labute approximate surface area is 122 Å². The largest absolute Gasteiger partial charge is 0.338 e. The summed E-state index contributed by atoms with van der Waals surface area (Å²) in [6.07, 6.45) is 2.99. The lowest BCUT2D eigenvalue weighted by Crippen LogP contribution is -2.34. The SMILES string of the molecule is CCC1(C)CC1C(=O)N(CCCN)Cc1ccccc1. The summed E-state index contributed by atoms with van der Waals surface area (Å²) < 4.78 is 0. The molecule has 3 nitrogen and oxygen atoms in total. The van der Waals surface area contributed by atoms with Gasteiger partial charge in [-0.15, -0.1) is 0 Å². The Morgan fingerprint density at radius 1 is 1.40 bits per heavy atom. The molecule has 1 aromatic carbocycles. The quantitative estimate of drug-likeness (QED) is 0.831. The molecule has 0 bridgehead atoms. The van der Waals surface area contributed by atoms with Crippen LogP contribution in [0.4, 0.5) is 0 Å². The molecule has 0 heterocycles. The molecule has 20 heavy (non-hydrogen) atoms. The molecule has 2 unspecified atom stereocenters. The molecule has 0 spiro atoms. The number of hydrogen-bond donors (Lipinski definition) is 1. The molecule has 1 fully saturated rings. The van der Waals surface area contributed by atoms with Gasteiger partial charge >= 0.3 is 0 Å². The molecule has 0 aliphatic heterocycles. The maximum Gasteiger partial charge on any atom is 0.226 e. The smallest absolute Gasteiger partial charge is 0.226 e. The molecule has 2 N–H and O–H groups in total. The minimum atomic E-state index is 0.217. The lowest BCUT2D eigenvalue weighted by atomic mass is 10.0. The highest BCUT2D eigenvalue weighted by Gasteiger charge is 2.53. The molecule has 110 valence electrons. The van der Waals surface area contributed by atoms with Crippen molar-refractivity contribution in [1.29, 1.82) is 0 Å². The highest BCUT2D eigenvalue weighted by Crippen LogP contribution is 2.55. The number of nitrogens with zero attached hydrogens (tertiary/aromatic N) is 1. The lowest BCUT2D eigenvalue weighted by Gasteiger charge is -2.24. The van der Waals surface area contributed by atoms with Crippen molar-refractivity contribution < 1.29 is 4.79 Å². The zero-order valence-electron chi connectivity index (χ0n) is 12.6. The first kappa shape index (κ1) is 15.0. The average molecular weight is 274 g/mol. The van der Waals surface area contributed by atoms with Crippen molar-refractivity contribution in [3.8, 4) is 0 Å². The first-order valence-corrected chi connectivity index (χ1v) is 7.63. The van der Waals surface area contributed by atoms with Crippen LogP contribution in [0.2, 0.25) is 0 Å². The molecule has 1 amide bonds. The number of hydrogen-bond acceptors (Lipinski definition) is 2. The van der Waals surface area contributed by atoms with Crippen LogP contribution in [0.25, 0.3) is 0 Å². The van der Waals surface area contributed by atoms with E-state index < -0.39 is 0 Å². The maximum atomic E-state index is 12.7. The molecule has 1 aliphatic carbocycles. The van der Waals surface area contributed by atoms with E-state index in [0.717, 1.165) is 25.8 Å². The van der Waals surface area contributed by atoms with E-state index in [-0.39, 0.29) is 11.3 Å². The molecule has 0 saturated heterocycles. The van der Waals surface area contributed by atoms with Gasteiger partial charge in [-0.2, -0.15) is 0 Å². The third-order valence-electron chi connectivity index (χ3n) is 4.62. The molecule has 2 atom stereocenters. The van der Waals surface area contributed by atoms with Crippen LogP contribution in [0, 0.1) is 11.3 Å². The van der Waals surface area contributed by atoms with Crippen LogP contribution in [0.1, 0.15) is 38.7 Å². The summed E-state index contributed by atoms with van der Waals surface area (Å²) in [5.74, 6) is 0.528. The zero-order chi connectivity index (χ0) is 14.6. The van der Waals surface area contributed by atoms with Gasteiger partial charge in [-0.3, -0.25) is 4.79 Å². The standard InChI is InChI=1S/C17H26N2O/c1-3-17(2)12-15(17)16(20)19(11-7-10-18)13-14-8-5-4-6-9-14/h4-6,8-9,15H,3,7,10-13,18H2,1-2H3. The summed E-state index contributed by atoms with van der Waals surface area (Å²) in [4.78, 5) is 14.7. The van der Waals surface area contributed by atoms with E-state index >= 15 is 0 Å². The maximum absolute atomic E-state index is 12.7. The highest BCUT2D eigenvalue weighted by atomic mass is 16.2. The molecule has 0 radical (unpaired) electrons. The molecular weight excluding hydrogens is 248 g/mol. The second-order valence-electron chi connectivity index (χ2n) is 6.15. The van der Waals surface area contributed by atoms with Crippen molar-refractivity contribution in [2.45, 2.75) is 39.7 Å². The van der Waals surface area contributed by atoms with Crippen LogP contribution in [0.15, 0.2) is 30.3 Å². The zero-order valence-corrected chi connectivity index (χ0v) is 12.6. The minimum absolute atomic E-state index is 0.217. The summed E-state index contributed by atoms with van der Waals surface area (Å²) in [5.41, 5.74) is 7.03. The number of rotatable bonds is 7. The highest BCUT2D eigenvalue weighted by molar-refractivity contribution is 5.82. The molecule has 0 aromatic heterocycles. The van der Waals surface area contributed by atoms with Crippen LogP contribution < -0.4 is 5.73 Å². The lowest BCUT2D eigenvalue weighted by molar-refractivity contribution is -0.134. The van der Waals surface area contributed by atoms with Gasteiger partial charge in [0, 0.05) is 19.0 Å². The van der Waals surface area contributed by atoms with Gasteiger partial charge in [0.05, 0.1) is 0 Å². The molecule has 1 aromatic rings. The summed E-state index contributed by atoms with van der Waals surface area (Å²) in [5, 5.41) is 0. The molecule has 1 aliphatic rings. The third kappa shape index (κ3) is 3.40. The van der Waals surface area contributed by atoms with E-state index in [4.69, 9.17) is 5.73 Å². The predicted octanol–water partition coefficient (Wildman–Crippen LogP) is 2.80. The Morgan fingerprint density at radius 2 is 2.10 bits per heavy atom. The van der Waals surface area contributed by atoms with Gasteiger partial charge in [-0.25, -0.2) is 0 Å². The van der Waals surface area contributed by atoms with Gasteiger partial charge in [0.15, 0.2) is 0 Å². The summed E-state index contributed by atoms with van der Waals surface area (Å²) in [7, 11) is 0. The molecular formula is C17H26N2O. The summed E-state index contributed by atoms with van der Waals surface area (Å²) in [6.45, 7) is 6.50. The fraction of sp³-hybridized carbons (Fsp3) is 0.588. The predicted molar refractivity (Wildman–Crippen MR) is 82.0 cm³/mol. The van der Waals surface area contributed by atoms with Crippen molar-refractivity contribution in [3.05, 3.63) is 35.9 Å². The summed E-state index contributed by atoms with van der Waals surface area (Å²) >= 11 is 0. The fourth-order valence-corrected chi connectivity index (χ4v) is 2.76. The fourth-order valence-electron chi connectivity index (χ4n) is 2.76. The molecule has 1 saturated carbocycles. The van der Waals surface area contributed by atoms with E-state index in [2.05, 4.69) is 26.0 Å². The normalized spacial score (nSPS) is 24.4. The van der Waals surface area contributed by atoms with E-state index in [1.165, 1.54) is 5.56 Å². The Morgan fingerprint density at radius 3 is 2.65 bits per heavy atom. The number of amides is 1. The topological polar surface area (TPSA) is 46.3 Å². The van der Waals surface area contributed by atoms with Crippen LogP contribution >= 0.6 is 0 Å². The molecule has 2 rings (SSSR count). The van der Waals surface area contributed by atoms with Crippen LogP contribution in [0.3, 0.4) is 0 Å². The van der Waals surface area contributed by atoms with Gasteiger partial charge in [0.25, 0.3) is 0 Å². The van der Waals surface area contributed by atoms with Gasteiger partial charge in [0.2, 0.25) is 5.91 Å². The van der Waals surface area contributed by atoms with Gasteiger partial charge in [-0.1, -0.05) is 44.2 Å². The first-order valence-electron chi connectivity index (χ1n) is 7.63. The number of carbonyl (C=O) groups excluding carboxylic acids is 1. The number of carbonyl (C=O) groups is 1.